The number of benzene rings is 1. The van der Waals surface area contributed by atoms with Gasteiger partial charge in [0, 0.05) is 6.20 Å². The molecule has 0 fully saturated rings. The fraction of sp³-hybridized carbons (Fsp3) is 0.250. The molecule has 4 heteroatoms. The van der Waals surface area contributed by atoms with Crippen LogP contribution in [0.5, 0.6) is 0 Å². The second-order valence-corrected chi connectivity index (χ2v) is 5.17. The number of nitrogens with one attached hydrogen (secondary N) is 1. The van der Waals surface area contributed by atoms with Crippen LogP contribution in [0.1, 0.15) is 29.7 Å². The zero-order valence-electron chi connectivity index (χ0n) is 12.0. The first kappa shape index (κ1) is 12.7. The van der Waals surface area contributed by atoms with E-state index in [0.717, 1.165) is 5.65 Å². The van der Waals surface area contributed by atoms with Crippen molar-refractivity contribution in [1.82, 2.24) is 14.6 Å². The van der Waals surface area contributed by atoms with E-state index in [1.807, 2.05) is 29.8 Å². The zero-order chi connectivity index (χ0) is 14.1. The SMILES string of the molecule is Cc1ccc2nc(NC(C)c3ccccc3C)nn2c1. The van der Waals surface area contributed by atoms with Gasteiger partial charge in [-0.1, -0.05) is 30.3 Å². The molecule has 1 unspecified atom stereocenters. The lowest BCUT2D eigenvalue weighted by Gasteiger charge is -2.14. The van der Waals surface area contributed by atoms with Crippen LogP contribution in [0.3, 0.4) is 0 Å². The van der Waals surface area contributed by atoms with Crippen LogP contribution in [-0.4, -0.2) is 14.6 Å². The fourth-order valence-electron chi connectivity index (χ4n) is 2.39. The van der Waals surface area contributed by atoms with E-state index in [2.05, 4.69) is 53.5 Å². The second-order valence-electron chi connectivity index (χ2n) is 5.17. The molecule has 0 saturated heterocycles. The van der Waals surface area contributed by atoms with Gasteiger partial charge in [0.15, 0.2) is 5.65 Å². The van der Waals surface area contributed by atoms with Gasteiger partial charge in [0.2, 0.25) is 5.95 Å². The number of pyridine rings is 1. The van der Waals surface area contributed by atoms with Crippen LogP contribution >= 0.6 is 0 Å². The summed E-state index contributed by atoms with van der Waals surface area (Å²) in [5.74, 6) is 0.659. The lowest BCUT2D eigenvalue weighted by molar-refractivity contribution is 0.844. The quantitative estimate of drug-likeness (QED) is 0.788. The molecule has 2 heterocycles. The van der Waals surface area contributed by atoms with E-state index in [1.54, 1.807) is 0 Å². The van der Waals surface area contributed by atoms with Gasteiger partial charge < -0.3 is 5.32 Å². The molecule has 0 spiro atoms. The summed E-state index contributed by atoms with van der Waals surface area (Å²) in [6, 6.07) is 12.6. The molecule has 2 aromatic heterocycles. The number of aryl methyl sites for hydroxylation is 2. The molecule has 0 aliphatic rings. The van der Waals surface area contributed by atoms with Crippen LogP contribution < -0.4 is 5.32 Å². The first-order valence-electron chi connectivity index (χ1n) is 6.78. The van der Waals surface area contributed by atoms with E-state index in [0.29, 0.717) is 5.95 Å². The highest BCUT2D eigenvalue weighted by atomic mass is 15.3. The highest BCUT2D eigenvalue weighted by Gasteiger charge is 2.10. The van der Waals surface area contributed by atoms with Crippen LogP contribution in [-0.2, 0) is 0 Å². The molecule has 1 atom stereocenters. The van der Waals surface area contributed by atoms with Gasteiger partial charge in [0.05, 0.1) is 6.04 Å². The molecule has 1 aromatic carbocycles. The van der Waals surface area contributed by atoms with E-state index in [1.165, 1.54) is 16.7 Å². The Morgan fingerprint density at radius 3 is 2.70 bits per heavy atom. The van der Waals surface area contributed by atoms with Gasteiger partial charge >= 0.3 is 0 Å². The third kappa shape index (κ3) is 2.37. The molecular formula is C16H18N4. The van der Waals surface area contributed by atoms with E-state index in [9.17, 15) is 0 Å². The summed E-state index contributed by atoms with van der Waals surface area (Å²) in [5.41, 5.74) is 4.56. The molecule has 0 aliphatic heterocycles. The van der Waals surface area contributed by atoms with Crippen molar-refractivity contribution in [3.05, 3.63) is 59.3 Å². The predicted molar refractivity (Wildman–Crippen MR) is 80.9 cm³/mol. The van der Waals surface area contributed by atoms with E-state index >= 15 is 0 Å². The molecule has 0 bridgehead atoms. The van der Waals surface area contributed by atoms with Crippen molar-refractivity contribution in [3.8, 4) is 0 Å². The topological polar surface area (TPSA) is 42.2 Å². The third-order valence-corrected chi connectivity index (χ3v) is 3.48. The van der Waals surface area contributed by atoms with E-state index in [-0.39, 0.29) is 6.04 Å². The highest BCUT2D eigenvalue weighted by molar-refractivity contribution is 5.45. The van der Waals surface area contributed by atoms with Crippen LogP contribution in [0.4, 0.5) is 5.95 Å². The number of anilines is 1. The number of nitrogens with zero attached hydrogens (tertiary/aromatic N) is 3. The maximum atomic E-state index is 4.49. The summed E-state index contributed by atoms with van der Waals surface area (Å²) in [6.07, 6.45) is 1.98. The highest BCUT2D eigenvalue weighted by Crippen LogP contribution is 2.20. The molecule has 4 nitrogen and oxygen atoms in total. The van der Waals surface area contributed by atoms with Crippen molar-refractivity contribution in [2.45, 2.75) is 26.8 Å². The van der Waals surface area contributed by atoms with Crippen molar-refractivity contribution in [3.63, 3.8) is 0 Å². The first-order chi connectivity index (χ1) is 9.63. The van der Waals surface area contributed by atoms with E-state index in [4.69, 9.17) is 0 Å². The van der Waals surface area contributed by atoms with Crippen molar-refractivity contribution < 1.29 is 0 Å². The maximum absolute atomic E-state index is 4.49. The normalized spacial score (nSPS) is 12.6. The van der Waals surface area contributed by atoms with Crippen molar-refractivity contribution in [2.75, 3.05) is 5.32 Å². The fourth-order valence-corrected chi connectivity index (χ4v) is 2.39. The Bertz CT molecular complexity index is 745. The molecule has 0 radical (unpaired) electrons. The van der Waals surface area contributed by atoms with Crippen LogP contribution in [0.25, 0.3) is 5.65 Å². The average Bonchev–Trinajstić information content (AvgIpc) is 2.80. The summed E-state index contributed by atoms with van der Waals surface area (Å²) in [6.45, 7) is 6.29. The molecule has 0 aliphatic carbocycles. The number of fused-ring (bicyclic) bond motifs is 1. The van der Waals surface area contributed by atoms with Crippen LogP contribution in [0.2, 0.25) is 0 Å². The monoisotopic (exact) mass is 266 g/mol. The number of hydrogen-bond donors (Lipinski definition) is 1. The Morgan fingerprint density at radius 1 is 1.10 bits per heavy atom. The van der Waals surface area contributed by atoms with Crippen molar-refractivity contribution in [2.24, 2.45) is 0 Å². The largest absolute Gasteiger partial charge is 0.346 e. The van der Waals surface area contributed by atoms with Crippen LogP contribution in [0.15, 0.2) is 42.6 Å². The molecule has 3 aromatic rings. The summed E-state index contributed by atoms with van der Waals surface area (Å²) < 4.78 is 1.81. The molecular weight excluding hydrogens is 248 g/mol. The number of aromatic nitrogens is 3. The van der Waals surface area contributed by atoms with E-state index < -0.39 is 0 Å². The summed E-state index contributed by atoms with van der Waals surface area (Å²) >= 11 is 0. The molecule has 0 saturated carbocycles. The lowest BCUT2D eigenvalue weighted by Crippen LogP contribution is -2.09. The third-order valence-electron chi connectivity index (χ3n) is 3.48. The van der Waals surface area contributed by atoms with Gasteiger partial charge in [-0.05, 0) is 43.5 Å². The Morgan fingerprint density at radius 2 is 1.90 bits per heavy atom. The Hall–Kier alpha value is -2.36. The van der Waals surface area contributed by atoms with Gasteiger partial charge in [-0.3, -0.25) is 0 Å². The van der Waals surface area contributed by atoms with Gasteiger partial charge in [-0.15, -0.1) is 5.10 Å². The van der Waals surface area contributed by atoms with Gasteiger partial charge in [-0.25, -0.2) is 4.52 Å². The minimum absolute atomic E-state index is 0.176. The van der Waals surface area contributed by atoms with Gasteiger partial charge in [0.1, 0.15) is 0 Å². The van der Waals surface area contributed by atoms with Crippen LogP contribution in [0, 0.1) is 13.8 Å². The first-order valence-corrected chi connectivity index (χ1v) is 6.78. The predicted octanol–water partition coefficient (Wildman–Crippen LogP) is 3.52. The average molecular weight is 266 g/mol. The van der Waals surface area contributed by atoms with Gasteiger partial charge in [0.25, 0.3) is 0 Å². The molecule has 1 N–H and O–H groups in total. The maximum Gasteiger partial charge on any atom is 0.243 e. The smallest absolute Gasteiger partial charge is 0.243 e. The number of rotatable bonds is 3. The van der Waals surface area contributed by atoms with Crippen molar-refractivity contribution >= 4 is 11.6 Å². The molecule has 0 amide bonds. The Kier molecular flexibility index (Phi) is 3.14. The van der Waals surface area contributed by atoms with Crippen molar-refractivity contribution in [1.29, 1.82) is 0 Å². The zero-order valence-corrected chi connectivity index (χ0v) is 12.0. The lowest BCUT2D eigenvalue weighted by atomic mass is 10.0. The molecule has 3 rings (SSSR count). The number of hydrogen-bond acceptors (Lipinski definition) is 3. The minimum atomic E-state index is 0.176. The summed E-state index contributed by atoms with van der Waals surface area (Å²) in [4.78, 5) is 4.49. The molecule has 102 valence electrons. The second kappa shape index (κ2) is 4.96. The Balaban J connectivity index is 1.87. The standard InChI is InChI=1S/C16H18N4/c1-11-8-9-15-18-16(19-20(15)10-11)17-13(3)14-7-5-4-6-12(14)2/h4-10,13H,1-3H3,(H,17,19). The minimum Gasteiger partial charge on any atom is -0.346 e. The summed E-state index contributed by atoms with van der Waals surface area (Å²) in [7, 11) is 0. The summed E-state index contributed by atoms with van der Waals surface area (Å²) in [5, 5.41) is 7.83. The van der Waals surface area contributed by atoms with Gasteiger partial charge in [-0.2, -0.15) is 4.98 Å². The Labute approximate surface area is 118 Å². The molecule has 20 heavy (non-hydrogen) atoms.